The molecule has 1 aromatic carbocycles. The molecule has 0 radical (unpaired) electrons. The van der Waals surface area contributed by atoms with Crippen LogP contribution in [0, 0.1) is 0 Å². The van der Waals surface area contributed by atoms with Crippen LogP contribution in [-0.4, -0.2) is 46.0 Å². The van der Waals surface area contributed by atoms with Crippen LogP contribution >= 0.6 is 11.6 Å². The topological polar surface area (TPSA) is 112 Å². The van der Waals surface area contributed by atoms with E-state index in [9.17, 15) is 14.7 Å². The van der Waals surface area contributed by atoms with Crippen molar-refractivity contribution in [3.05, 3.63) is 64.7 Å². The summed E-state index contributed by atoms with van der Waals surface area (Å²) in [6.07, 6.45) is 1.35. The van der Waals surface area contributed by atoms with Crippen LogP contribution in [0.4, 0.5) is 0 Å². The number of benzene rings is 1. The van der Waals surface area contributed by atoms with Gasteiger partial charge in [-0.25, -0.2) is 4.79 Å². The second-order valence-electron chi connectivity index (χ2n) is 5.50. The van der Waals surface area contributed by atoms with E-state index >= 15 is 0 Å². The minimum absolute atomic E-state index is 0. The van der Waals surface area contributed by atoms with Gasteiger partial charge in [0, 0.05) is 16.8 Å². The first-order valence-corrected chi connectivity index (χ1v) is 8.32. The zero-order chi connectivity index (χ0) is 20.3. The molecule has 0 fully saturated rings. The van der Waals surface area contributed by atoms with Gasteiger partial charge in [0.05, 0.1) is 25.8 Å². The van der Waals surface area contributed by atoms with Gasteiger partial charge in [-0.15, -0.1) is 0 Å². The number of carbonyl (C=O) groups is 2. The van der Waals surface area contributed by atoms with Crippen LogP contribution in [0.3, 0.4) is 0 Å². The first kappa shape index (κ1) is 22.8. The number of carboxylic acid groups (broad SMARTS) is 1. The van der Waals surface area contributed by atoms with Crippen molar-refractivity contribution in [2.75, 3.05) is 14.2 Å². The minimum Gasteiger partial charge on any atom is -1.00 e. The van der Waals surface area contributed by atoms with Crippen LogP contribution in [-0.2, 0) is 0 Å². The summed E-state index contributed by atoms with van der Waals surface area (Å²) >= 11 is 5.90. The Morgan fingerprint density at radius 3 is 2.14 bits per heavy atom. The van der Waals surface area contributed by atoms with Gasteiger partial charge in [0.1, 0.15) is 5.69 Å². The van der Waals surface area contributed by atoms with Gasteiger partial charge in [-0.1, -0.05) is 23.7 Å². The Kier molecular flexibility index (Phi) is 7.69. The Morgan fingerprint density at radius 2 is 1.62 bits per heavy atom. The van der Waals surface area contributed by atoms with Gasteiger partial charge in [0.15, 0.2) is 0 Å². The average molecular weight is 424 g/mol. The summed E-state index contributed by atoms with van der Waals surface area (Å²) in [5.74, 6) is -2.18. The molecule has 0 saturated heterocycles. The molecule has 3 aromatic rings. The SMILES string of the molecule is COc1cc(OC)nc(C(=O)c2nccc(-c3ccc(Cl)cc3)c2C(=O)O)n1.[H-].[Na+]. The van der Waals surface area contributed by atoms with Crippen molar-refractivity contribution in [1.29, 1.82) is 0 Å². The van der Waals surface area contributed by atoms with E-state index in [1.165, 1.54) is 32.5 Å². The molecule has 0 aliphatic heterocycles. The number of hydrogen-bond acceptors (Lipinski definition) is 7. The number of halogens is 1. The van der Waals surface area contributed by atoms with E-state index in [4.69, 9.17) is 21.1 Å². The molecule has 0 unspecified atom stereocenters. The van der Waals surface area contributed by atoms with Crippen molar-refractivity contribution in [3.63, 3.8) is 0 Å². The number of rotatable bonds is 6. The molecule has 10 heteroatoms. The summed E-state index contributed by atoms with van der Waals surface area (Å²) in [6, 6.07) is 9.47. The molecular formula is C19H15ClN3NaO5. The zero-order valence-corrected chi connectivity index (χ0v) is 18.6. The third kappa shape index (κ3) is 4.91. The fourth-order valence-electron chi connectivity index (χ4n) is 2.54. The molecule has 0 saturated carbocycles. The normalized spacial score (nSPS) is 10.0. The molecule has 0 atom stereocenters. The molecule has 29 heavy (non-hydrogen) atoms. The fourth-order valence-corrected chi connectivity index (χ4v) is 2.67. The van der Waals surface area contributed by atoms with Gasteiger partial charge in [0.25, 0.3) is 0 Å². The monoisotopic (exact) mass is 423 g/mol. The molecule has 1 N–H and O–H groups in total. The maximum absolute atomic E-state index is 13.0. The number of carboxylic acids is 1. The summed E-state index contributed by atoms with van der Waals surface area (Å²) < 4.78 is 10.1. The predicted octanol–water partition coefficient (Wildman–Crippen LogP) is 0.255. The molecular weight excluding hydrogens is 409 g/mol. The van der Waals surface area contributed by atoms with Crippen LogP contribution in [0.25, 0.3) is 11.1 Å². The van der Waals surface area contributed by atoms with E-state index < -0.39 is 11.8 Å². The van der Waals surface area contributed by atoms with Crippen molar-refractivity contribution in [3.8, 4) is 22.9 Å². The molecule has 0 aliphatic carbocycles. The van der Waals surface area contributed by atoms with E-state index in [-0.39, 0.29) is 59.8 Å². The molecule has 3 rings (SSSR count). The average Bonchev–Trinajstić information content (AvgIpc) is 2.72. The molecule has 0 bridgehead atoms. The van der Waals surface area contributed by atoms with Crippen LogP contribution < -0.4 is 39.0 Å². The molecule has 2 heterocycles. The Hall–Kier alpha value is -2.52. The molecule has 0 aliphatic rings. The Balaban J connectivity index is 0.00000225. The summed E-state index contributed by atoms with van der Waals surface area (Å²) in [5.41, 5.74) is 0.329. The number of methoxy groups -OCH3 is 2. The van der Waals surface area contributed by atoms with Crippen molar-refractivity contribution in [2.24, 2.45) is 0 Å². The molecule has 144 valence electrons. The third-order valence-corrected chi connectivity index (χ3v) is 4.09. The Bertz CT molecular complexity index is 1040. The quantitative estimate of drug-likeness (QED) is 0.444. The second-order valence-corrected chi connectivity index (χ2v) is 5.94. The number of ether oxygens (including phenoxy) is 2. The maximum Gasteiger partial charge on any atom is 1.00 e. The van der Waals surface area contributed by atoms with Gasteiger partial charge in [0.2, 0.25) is 23.4 Å². The second kappa shape index (κ2) is 9.80. The zero-order valence-electron chi connectivity index (χ0n) is 16.8. The number of pyridine rings is 1. The van der Waals surface area contributed by atoms with Crippen LogP contribution in [0.2, 0.25) is 5.02 Å². The number of carbonyl (C=O) groups excluding carboxylic acids is 1. The van der Waals surface area contributed by atoms with Crippen LogP contribution in [0.5, 0.6) is 11.8 Å². The summed E-state index contributed by atoms with van der Waals surface area (Å²) in [4.78, 5) is 36.8. The van der Waals surface area contributed by atoms with Gasteiger partial charge >= 0.3 is 35.5 Å². The van der Waals surface area contributed by atoms with Crippen LogP contribution in [0.1, 0.15) is 28.1 Å². The number of ketones is 1. The number of nitrogens with zero attached hydrogens (tertiary/aromatic N) is 3. The van der Waals surface area contributed by atoms with Gasteiger partial charge in [-0.2, -0.15) is 9.97 Å². The summed E-state index contributed by atoms with van der Waals surface area (Å²) in [6.45, 7) is 0. The van der Waals surface area contributed by atoms with E-state index in [2.05, 4.69) is 15.0 Å². The van der Waals surface area contributed by atoms with Crippen molar-refractivity contribution < 1.29 is 55.2 Å². The van der Waals surface area contributed by atoms with Crippen molar-refractivity contribution >= 4 is 23.4 Å². The smallest absolute Gasteiger partial charge is 1.00 e. The summed E-state index contributed by atoms with van der Waals surface area (Å²) in [7, 11) is 2.75. The predicted molar refractivity (Wildman–Crippen MR) is 101 cm³/mol. The molecule has 8 nitrogen and oxygen atoms in total. The van der Waals surface area contributed by atoms with Crippen molar-refractivity contribution in [2.45, 2.75) is 0 Å². The number of aromatic nitrogens is 3. The van der Waals surface area contributed by atoms with E-state index in [1.807, 2.05) is 0 Å². The number of hydrogen-bond donors (Lipinski definition) is 1. The maximum atomic E-state index is 13.0. The Morgan fingerprint density at radius 1 is 1.03 bits per heavy atom. The first-order valence-electron chi connectivity index (χ1n) is 7.94. The molecule has 0 amide bonds. The van der Waals surface area contributed by atoms with E-state index in [0.29, 0.717) is 16.1 Å². The Labute approximate surface area is 194 Å². The van der Waals surface area contributed by atoms with Crippen molar-refractivity contribution in [1.82, 2.24) is 15.0 Å². The van der Waals surface area contributed by atoms with Crippen LogP contribution in [0.15, 0.2) is 42.6 Å². The molecule has 2 aromatic heterocycles. The third-order valence-electron chi connectivity index (χ3n) is 3.84. The van der Waals surface area contributed by atoms with E-state index in [1.54, 1.807) is 24.3 Å². The van der Waals surface area contributed by atoms with Gasteiger partial charge in [-0.3, -0.25) is 9.78 Å². The largest absolute Gasteiger partial charge is 1.00 e. The van der Waals surface area contributed by atoms with E-state index in [0.717, 1.165) is 0 Å². The fraction of sp³-hybridized carbons (Fsp3) is 0.105. The minimum atomic E-state index is -1.31. The first-order chi connectivity index (χ1) is 13.4. The van der Waals surface area contributed by atoms with Gasteiger partial charge < -0.3 is 16.0 Å². The summed E-state index contributed by atoms with van der Waals surface area (Å²) in [5, 5.41) is 10.3. The molecule has 0 spiro atoms. The number of aromatic carboxylic acids is 1. The standard InChI is InChI=1S/C19H14ClN3O5.Na.H/c1-27-13-9-14(28-2)23-18(22-13)17(24)16-15(19(25)26)12(7-8-21-16)10-3-5-11(20)6-4-10;;/h3-9H,1-2H3,(H,25,26);;/q;+1;-1. The van der Waals surface area contributed by atoms with Gasteiger partial charge in [-0.05, 0) is 23.8 Å².